The molecule has 0 spiro atoms. The van der Waals surface area contributed by atoms with Gasteiger partial charge in [-0.25, -0.2) is 4.98 Å². The number of rotatable bonds is 5. The molecule has 96 valence electrons. The number of aromatic nitrogens is 2. The fraction of sp³-hybridized carbons (Fsp3) is 0.308. The number of hydrogen-bond acceptors (Lipinski definition) is 3. The first-order chi connectivity index (χ1) is 8.72. The summed E-state index contributed by atoms with van der Waals surface area (Å²) in [6, 6.07) is 7.64. The lowest BCUT2D eigenvalue weighted by Crippen LogP contribution is -2.10. The first-order valence-corrected chi connectivity index (χ1v) is 6.25. The Balaban J connectivity index is 2.28. The zero-order chi connectivity index (χ0) is 13.0. The van der Waals surface area contributed by atoms with E-state index in [1.165, 1.54) is 0 Å². The average Bonchev–Trinajstić information content (AvgIpc) is 2.72. The van der Waals surface area contributed by atoms with Crippen molar-refractivity contribution in [3.05, 3.63) is 35.5 Å². The Labute approximate surface area is 111 Å². The molecule has 1 aromatic heterocycles. The molecule has 2 rings (SSSR count). The number of ether oxygens (including phenoxy) is 1. The zero-order valence-electron chi connectivity index (χ0n) is 10.3. The molecule has 5 heteroatoms. The first-order valence-electron chi connectivity index (χ1n) is 5.87. The standard InChI is InChI=1S/C13H16ClN3O/c1-2-18-7-6-17-12(9-16-13(17)15)10-4-3-5-11(14)8-10/h3-5,8-9H,2,6-7H2,1H3,(H2,15,16). The largest absolute Gasteiger partial charge is 0.380 e. The van der Waals surface area contributed by atoms with E-state index >= 15 is 0 Å². The minimum Gasteiger partial charge on any atom is -0.380 e. The van der Waals surface area contributed by atoms with Gasteiger partial charge in [0.05, 0.1) is 18.5 Å². The summed E-state index contributed by atoms with van der Waals surface area (Å²) >= 11 is 6.00. The topological polar surface area (TPSA) is 53.1 Å². The van der Waals surface area contributed by atoms with Crippen LogP contribution in [-0.2, 0) is 11.3 Å². The van der Waals surface area contributed by atoms with E-state index in [1.54, 1.807) is 6.20 Å². The summed E-state index contributed by atoms with van der Waals surface area (Å²) in [6.07, 6.45) is 1.76. The van der Waals surface area contributed by atoms with Crippen LogP contribution in [-0.4, -0.2) is 22.8 Å². The highest BCUT2D eigenvalue weighted by molar-refractivity contribution is 6.30. The number of nitrogen functional groups attached to an aromatic ring is 1. The number of halogens is 1. The second kappa shape index (κ2) is 5.89. The average molecular weight is 266 g/mol. The van der Waals surface area contributed by atoms with Gasteiger partial charge in [0.2, 0.25) is 5.95 Å². The lowest BCUT2D eigenvalue weighted by atomic mass is 10.2. The van der Waals surface area contributed by atoms with Crippen molar-refractivity contribution in [3.63, 3.8) is 0 Å². The van der Waals surface area contributed by atoms with Crippen LogP contribution in [0.2, 0.25) is 5.02 Å². The third-order valence-corrected chi connectivity index (χ3v) is 2.91. The van der Waals surface area contributed by atoms with Crippen LogP contribution >= 0.6 is 11.6 Å². The fourth-order valence-electron chi connectivity index (χ4n) is 1.80. The second-order valence-corrected chi connectivity index (χ2v) is 4.30. The van der Waals surface area contributed by atoms with Gasteiger partial charge >= 0.3 is 0 Å². The molecule has 0 aliphatic rings. The molecule has 0 aliphatic carbocycles. The van der Waals surface area contributed by atoms with Crippen molar-refractivity contribution in [2.75, 3.05) is 18.9 Å². The lowest BCUT2D eigenvalue weighted by molar-refractivity contribution is 0.139. The van der Waals surface area contributed by atoms with Crippen molar-refractivity contribution in [3.8, 4) is 11.3 Å². The van der Waals surface area contributed by atoms with Gasteiger partial charge in [-0.3, -0.25) is 0 Å². The van der Waals surface area contributed by atoms with E-state index in [9.17, 15) is 0 Å². The monoisotopic (exact) mass is 265 g/mol. The van der Waals surface area contributed by atoms with Gasteiger partial charge < -0.3 is 15.0 Å². The fourth-order valence-corrected chi connectivity index (χ4v) is 1.99. The van der Waals surface area contributed by atoms with Crippen molar-refractivity contribution in [1.82, 2.24) is 9.55 Å². The molecule has 1 heterocycles. The summed E-state index contributed by atoms with van der Waals surface area (Å²) < 4.78 is 7.28. The van der Waals surface area contributed by atoms with E-state index in [-0.39, 0.29) is 0 Å². The molecule has 2 aromatic rings. The predicted octanol–water partition coefficient (Wildman–Crippen LogP) is 2.82. The minimum absolute atomic E-state index is 0.490. The number of nitrogens with zero attached hydrogens (tertiary/aromatic N) is 2. The van der Waals surface area contributed by atoms with Crippen LogP contribution in [0.15, 0.2) is 30.5 Å². The summed E-state index contributed by atoms with van der Waals surface area (Å²) in [6.45, 7) is 3.96. The smallest absolute Gasteiger partial charge is 0.200 e. The van der Waals surface area contributed by atoms with Crippen molar-refractivity contribution in [2.24, 2.45) is 0 Å². The molecule has 0 atom stereocenters. The van der Waals surface area contributed by atoms with Gasteiger partial charge in [-0.05, 0) is 19.1 Å². The number of anilines is 1. The highest BCUT2D eigenvalue weighted by atomic mass is 35.5. The summed E-state index contributed by atoms with van der Waals surface area (Å²) in [5.74, 6) is 0.490. The molecule has 0 aliphatic heterocycles. The third kappa shape index (κ3) is 2.83. The van der Waals surface area contributed by atoms with Crippen molar-refractivity contribution in [2.45, 2.75) is 13.5 Å². The van der Waals surface area contributed by atoms with E-state index in [4.69, 9.17) is 22.1 Å². The van der Waals surface area contributed by atoms with Crippen molar-refractivity contribution < 1.29 is 4.74 Å². The van der Waals surface area contributed by atoms with Gasteiger partial charge in [-0.2, -0.15) is 0 Å². The van der Waals surface area contributed by atoms with E-state index < -0.39 is 0 Å². The normalized spacial score (nSPS) is 10.8. The van der Waals surface area contributed by atoms with Crippen LogP contribution in [0.5, 0.6) is 0 Å². The Morgan fingerprint density at radius 3 is 3.00 bits per heavy atom. The Morgan fingerprint density at radius 1 is 1.44 bits per heavy atom. The van der Waals surface area contributed by atoms with E-state index in [0.717, 1.165) is 11.3 Å². The molecule has 18 heavy (non-hydrogen) atoms. The number of nitrogens with two attached hydrogens (primary N) is 1. The summed E-state index contributed by atoms with van der Waals surface area (Å²) in [7, 11) is 0. The van der Waals surface area contributed by atoms with Gasteiger partial charge in [0.1, 0.15) is 0 Å². The van der Waals surface area contributed by atoms with Crippen LogP contribution in [0.25, 0.3) is 11.3 Å². The molecule has 0 saturated carbocycles. The van der Waals surface area contributed by atoms with Gasteiger partial charge in [0, 0.05) is 23.7 Å². The number of benzene rings is 1. The Kier molecular flexibility index (Phi) is 4.23. The highest BCUT2D eigenvalue weighted by Crippen LogP contribution is 2.24. The third-order valence-electron chi connectivity index (χ3n) is 2.67. The van der Waals surface area contributed by atoms with Crippen LogP contribution in [0.4, 0.5) is 5.95 Å². The molecule has 4 nitrogen and oxygen atoms in total. The van der Waals surface area contributed by atoms with Crippen LogP contribution in [0.3, 0.4) is 0 Å². The van der Waals surface area contributed by atoms with Crippen molar-refractivity contribution in [1.29, 1.82) is 0 Å². The molecule has 0 unspecified atom stereocenters. The lowest BCUT2D eigenvalue weighted by Gasteiger charge is -2.10. The predicted molar refractivity (Wildman–Crippen MR) is 73.6 cm³/mol. The summed E-state index contributed by atoms with van der Waals surface area (Å²) in [4.78, 5) is 4.14. The molecule has 0 saturated heterocycles. The van der Waals surface area contributed by atoms with E-state index in [1.807, 2.05) is 35.8 Å². The summed E-state index contributed by atoms with van der Waals surface area (Å²) in [5, 5.41) is 0.698. The van der Waals surface area contributed by atoms with E-state index in [2.05, 4.69) is 4.98 Å². The Hall–Kier alpha value is -1.52. The Morgan fingerprint density at radius 2 is 2.28 bits per heavy atom. The maximum atomic E-state index is 6.00. The molecule has 2 N–H and O–H groups in total. The highest BCUT2D eigenvalue weighted by Gasteiger charge is 2.09. The van der Waals surface area contributed by atoms with E-state index in [0.29, 0.717) is 30.7 Å². The maximum absolute atomic E-state index is 6.00. The SMILES string of the molecule is CCOCCn1c(-c2cccc(Cl)c2)cnc1N. The van der Waals surface area contributed by atoms with Crippen molar-refractivity contribution >= 4 is 17.5 Å². The Bertz CT molecular complexity index is 525. The first kappa shape index (κ1) is 12.9. The van der Waals surface area contributed by atoms with Gasteiger partial charge in [0.15, 0.2) is 0 Å². The molecular weight excluding hydrogens is 250 g/mol. The summed E-state index contributed by atoms with van der Waals surface area (Å²) in [5.41, 5.74) is 7.82. The molecular formula is C13H16ClN3O. The molecule has 0 amide bonds. The second-order valence-electron chi connectivity index (χ2n) is 3.86. The van der Waals surface area contributed by atoms with Crippen LogP contribution in [0.1, 0.15) is 6.92 Å². The quantitative estimate of drug-likeness (QED) is 0.846. The number of imidazole rings is 1. The zero-order valence-corrected chi connectivity index (χ0v) is 11.0. The molecule has 1 aromatic carbocycles. The van der Waals surface area contributed by atoms with Gasteiger partial charge in [-0.1, -0.05) is 23.7 Å². The molecule has 0 fully saturated rings. The maximum Gasteiger partial charge on any atom is 0.200 e. The van der Waals surface area contributed by atoms with Crippen LogP contribution in [0, 0.1) is 0 Å². The number of hydrogen-bond donors (Lipinski definition) is 1. The minimum atomic E-state index is 0.490. The van der Waals surface area contributed by atoms with Crippen LogP contribution < -0.4 is 5.73 Å². The molecule has 0 bridgehead atoms. The van der Waals surface area contributed by atoms with Gasteiger partial charge in [0.25, 0.3) is 0 Å². The molecule has 0 radical (unpaired) electrons. The van der Waals surface area contributed by atoms with Gasteiger partial charge in [-0.15, -0.1) is 0 Å².